The molecule has 1 fully saturated rings. The first kappa shape index (κ1) is 15.8. The Morgan fingerprint density at radius 1 is 1.43 bits per heavy atom. The number of benzene rings is 1. The molecule has 1 amide bonds. The molecule has 5 nitrogen and oxygen atoms in total. The number of nitrogens with two attached hydrogens (primary N) is 1. The Labute approximate surface area is 132 Å². The molecule has 6 heteroatoms. The van der Waals surface area contributed by atoms with E-state index in [-0.39, 0.29) is 24.5 Å². The number of carbonyl (C=O) groups excluding carboxylic acids is 2. The molecule has 1 saturated carbocycles. The Morgan fingerprint density at radius 3 is 2.67 bits per heavy atom. The van der Waals surface area contributed by atoms with Gasteiger partial charge in [0.25, 0.3) is 5.91 Å². The van der Waals surface area contributed by atoms with E-state index < -0.39 is 0 Å². The van der Waals surface area contributed by atoms with Crippen molar-refractivity contribution in [2.24, 2.45) is 0 Å². The minimum Gasteiger partial charge on any atom is -0.465 e. The lowest BCUT2D eigenvalue weighted by Gasteiger charge is -2.22. The number of hydrogen-bond donors (Lipinski definition) is 1. The lowest BCUT2D eigenvalue weighted by molar-refractivity contribution is -0.144. The molecule has 0 heterocycles. The van der Waals surface area contributed by atoms with Crippen molar-refractivity contribution >= 4 is 33.5 Å². The van der Waals surface area contributed by atoms with E-state index in [1.54, 1.807) is 24.0 Å². The highest BCUT2D eigenvalue weighted by Gasteiger charge is 2.35. The van der Waals surface area contributed by atoms with Crippen LogP contribution in [0.1, 0.15) is 35.7 Å². The third-order valence-electron chi connectivity index (χ3n) is 3.50. The average Bonchev–Trinajstić information content (AvgIpc) is 3.24. The maximum Gasteiger partial charge on any atom is 0.325 e. The van der Waals surface area contributed by atoms with Crippen LogP contribution in [0.4, 0.5) is 5.69 Å². The number of nitrogen functional groups attached to an aromatic ring is 1. The van der Waals surface area contributed by atoms with Crippen LogP contribution in [0.15, 0.2) is 16.6 Å². The van der Waals surface area contributed by atoms with Crippen molar-refractivity contribution in [1.29, 1.82) is 0 Å². The summed E-state index contributed by atoms with van der Waals surface area (Å²) < 4.78 is 5.70. The van der Waals surface area contributed by atoms with Gasteiger partial charge in [0, 0.05) is 21.8 Å². The van der Waals surface area contributed by atoms with Crippen LogP contribution < -0.4 is 5.73 Å². The van der Waals surface area contributed by atoms with E-state index in [9.17, 15) is 9.59 Å². The first-order chi connectivity index (χ1) is 9.93. The van der Waals surface area contributed by atoms with E-state index in [1.165, 1.54) is 0 Å². The van der Waals surface area contributed by atoms with Crippen molar-refractivity contribution in [3.8, 4) is 0 Å². The Morgan fingerprint density at radius 2 is 2.10 bits per heavy atom. The first-order valence-electron chi connectivity index (χ1n) is 6.96. The highest BCUT2D eigenvalue weighted by atomic mass is 79.9. The lowest BCUT2D eigenvalue weighted by atomic mass is 10.1. The summed E-state index contributed by atoms with van der Waals surface area (Å²) in [5, 5.41) is 0. The fraction of sp³-hybridized carbons (Fsp3) is 0.467. The van der Waals surface area contributed by atoms with Crippen LogP contribution in [0, 0.1) is 6.92 Å². The van der Waals surface area contributed by atoms with Gasteiger partial charge in [-0.2, -0.15) is 0 Å². The van der Waals surface area contributed by atoms with Crippen molar-refractivity contribution in [2.75, 3.05) is 18.9 Å². The molecule has 2 N–H and O–H groups in total. The minimum atomic E-state index is -0.377. The zero-order chi connectivity index (χ0) is 15.6. The van der Waals surface area contributed by atoms with E-state index >= 15 is 0 Å². The summed E-state index contributed by atoms with van der Waals surface area (Å²) in [5.74, 6) is -0.547. The molecule has 1 aliphatic rings. The summed E-state index contributed by atoms with van der Waals surface area (Å²) in [5.41, 5.74) is 7.72. The van der Waals surface area contributed by atoms with Crippen molar-refractivity contribution in [3.05, 3.63) is 27.7 Å². The van der Waals surface area contributed by atoms with Crippen LogP contribution in [0.2, 0.25) is 0 Å². The quantitative estimate of drug-likeness (QED) is 0.651. The van der Waals surface area contributed by atoms with Crippen molar-refractivity contribution < 1.29 is 14.3 Å². The van der Waals surface area contributed by atoms with Gasteiger partial charge in [0.2, 0.25) is 0 Å². The summed E-state index contributed by atoms with van der Waals surface area (Å²) in [6, 6.07) is 3.63. The molecule has 0 atom stereocenters. The summed E-state index contributed by atoms with van der Waals surface area (Å²) in [4.78, 5) is 26.0. The Kier molecular flexibility index (Phi) is 4.88. The van der Waals surface area contributed by atoms with E-state index in [1.807, 2.05) is 6.92 Å². The van der Waals surface area contributed by atoms with E-state index in [4.69, 9.17) is 10.5 Å². The van der Waals surface area contributed by atoms with Crippen LogP contribution in [0.5, 0.6) is 0 Å². The second-order valence-electron chi connectivity index (χ2n) is 5.14. The molecule has 21 heavy (non-hydrogen) atoms. The molecular weight excluding hydrogens is 336 g/mol. The number of amides is 1. The summed E-state index contributed by atoms with van der Waals surface area (Å²) in [7, 11) is 0. The highest BCUT2D eigenvalue weighted by Crippen LogP contribution is 2.30. The van der Waals surface area contributed by atoms with Crippen LogP contribution in [-0.4, -0.2) is 36.0 Å². The summed E-state index contributed by atoms with van der Waals surface area (Å²) in [6.45, 7) is 3.86. The van der Waals surface area contributed by atoms with E-state index in [0.717, 1.165) is 22.9 Å². The second kappa shape index (κ2) is 6.47. The normalized spacial score (nSPS) is 13.9. The number of carbonyl (C=O) groups is 2. The van der Waals surface area contributed by atoms with Crippen LogP contribution >= 0.6 is 15.9 Å². The van der Waals surface area contributed by atoms with Gasteiger partial charge in [0.15, 0.2) is 0 Å². The molecule has 1 aromatic rings. The number of anilines is 1. The van der Waals surface area contributed by atoms with Gasteiger partial charge in [-0.15, -0.1) is 0 Å². The topological polar surface area (TPSA) is 72.6 Å². The average molecular weight is 355 g/mol. The fourth-order valence-corrected chi connectivity index (χ4v) is 2.65. The summed E-state index contributed by atoms with van der Waals surface area (Å²) >= 11 is 3.35. The van der Waals surface area contributed by atoms with Gasteiger partial charge in [-0.1, -0.05) is 15.9 Å². The molecule has 0 unspecified atom stereocenters. The predicted octanol–water partition coefficient (Wildman–Crippen LogP) is 2.51. The zero-order valence-corrected chi connectivity index (χ0v) is 13.8. The smallest absolute Gasteiger partial charge is 0.325 e. The molecule has 2 rings (SSSR count). The third-order valence-corrected chi connectivity index (χ3v) is 3.95. The Hall–Kier alpha value is -1.56. The fourth-order valence-electron chi connectivity index (χ4n) is 2.18. The van der Waals surface area contributed by atoms with Crippen molar-refractivity contribution in [2.45, 2.75) is 32.7 Å². The molecule has 0 aromatic heterocycles. The summed E-state index contributed by atoms with van der Waals surface area (Å²) in [6.07, 6.45) is 1.85. The predicted molar refractivity (Wildman–Crippen MR) is 84.0 cm³/mol. The minimum absolute atomic E-state index is 0.0107. The first-order valence-corrected chi connectivity index (χ1v) is 7.75. The number of halogens is 1. The van der Waals surface area contributed by atoms with Gasteiger partial charge < -0.3 is 15.4 Å². The van der Waals surface area contributed by atoms with E-state index in [2.05, 4.69) is 15.9 Å². The highest BCUT2D eigenvalue weighted by molar-refractivity contribution is 9.10. The molecule has 0 bridgehead atoms. The van der Waals surface area contributed by atoms with Gasteiger partial charge in [0.05, 0.1) is 6.61 Å². The number of nitrogens with zero attached hydrogens (tertiary/aromatic N) is 1. The van der Waals surface area contributed by atoms with Gasteiger partial charge in [0.1, 0.15) is 6.54 Å². The number of ether oxygens (including phenoxy) is 1. The molecule has 0 spiro atoms. The van der Waals surface area contributed by atoms with Crippen LogP contribution in [-0.2, 0) is 9.53 Å². The number of esters is 1. The van der Waals surface area contributed by atoms with Gasteiger partial charge in [-0.05, 0) is 44.4 Å². The van der Waals surface area contributed by atoms with Crippen molar-refractivity contribution in [1.82, 2.24) is 4.90 Å². The van der Waals surface area contributed by atoms with Crippen molar-refractivity contribution in [3.63, 3.8) is 0 Å². The number of rotatable bonds is 5. The third kappa shape index (κ3) is 3.75. The lowest BCUT2D eigenvalue weighted by Crippen LogP contribution is -2.38. The second-order valence-corrected chi connectivity index (χ2v) is 6.05. The van der Waals surface area contributed by atoms with Gasteiger partial charge in [-0.25, -0.2) is 0 Å². The van der Waals surface area contributed by atoms with Crippen LogP contribution in [0.25, 0.3) is 0 Å². The van der Waals surface area contributed by atoms with Crippen LogP contribution in [0.3, 0.4) is 0 Å². The largest absolute Gasteiger partial charge is 0.465 e. The maximum atomic E-state index is 12.7. The monoisotopic (exact) mass is 354 g/mol. The molecular formula is C15H19BrN2O3. The molecule has 0 radical (unpaired) electrons. The Balaban J connectivity index is 2.25. The van der Waals surface area contributed by atoms with E-state index in [0.29, 0.717) is 17.9 Å². The Bertz CT molecular complexity index is 570. The molecule has 0 aliphatic heterocycles. The van der Waals surface area contributed by atoms with Gasteiger partial charge in [-0.3, -0.25) is 9.59 Å². The molecule has 0 saturated heterocycles. The molecule has 1 aromatic carbocycles. The zero-order valence-electron chi connectivity index (χ0n) is 12.2. The maximum absolute atomic E-state index is 12.7. The molecule has 114 valence electrons. The standard InChI is InChI=1S/C15H19BrN2O3/c1-3-21-14(19)8-18(11-4-5-11)15(20)12-6-10(16)7-13(17)9(12)2/h6-7,11H,3-5,8,17H2,1-2H3. The van der Waals surface area contributed by atoms with Gasteiger partial charge >= 0.3 is 5.97 Å². The molecule has 1 aliphatic carbocycles. The number of hydrogen-bond acceptors (Lipinski definition) is 4. The SMILES string of the molecule is CCOC(=O)CN(C(=O)c1cc(Br)cc(N)c1C)C1CC1.